The molecule has 2 rings (SSSR count). The standard InChI is InChI=1S/C12H13F2N3O5/c13-11(14)22-10-7-8(17(20)21)1-2-9(10)15-3-5-16(6-4-15)12(18)19/h1-2,7,11H,3-6H2,(H,18,19). The molecule has 0 unspecified atom stereocenters. The summed E-state index contributed by atoms with van der Waals surface area (Å²) in [6, 6.07) is 3.45. The maximum atomic E-state index is 12.5. The summed E-state index contributed by atoms with van der Waals surface area (Å²) in [4.78, 5) is 23.7. The largest absolute Gasteiger partial charge is 0.465 e. The molecule has 0 saturated carbocycles. The van der Waals surface area contributed by atoms with Crippen LogP contribution in [0.25, 0.3) is 0 Å². The zero-order valence-electron chi connectivity index (χ0n) is 11.3. The Morgan fingerprint density at radius 3 is 2.45 bits per heavy atom. The molecule has 22 heavy (non-hydrogen) atoms. The molecule has 1 N–H and O–H groups in total. The number of piperazine rings is 1. The Kier molecular flexibility index (Phi) is 4.59. The Bertz CT molecular complexity index is 576. The molecule has 120 valence electrons. The normalized spacial score (nSPS) is 15.0. The van der Waals surface area contributed by atoms with Crippen LogP contribution in [0.2, 0.25) is 0 Å². The van der Waals surface area contributed by atoms with Crippen LogP contribution in [0.3, 0.4) is 0 Å². The van der Waals surface area contributed by atoms with Crippen LogP contribution < -0.4 is 9.64 Å². The van der Waals surface area contributed by atoms with Gasteiger partial charge in [0.15, 0.2) is 5.75 Å². The van der Waals surface area contributed by atoms with Crippen LogP contribution in [0.5, 0.6) is 5.75 Å². The van der Waals surface area contributed by atoms with E-state index in [0.717, 1.165) is 6.07 Å². The first-order valence-electron chi connectivity index (χ1n) is 6.34. The minimum Gasteiger partial charge on any atom is -0.465 e. The average molecular weight is 317 g/mol. The minimum absolute atomic E-state index is 0.209. The van der Waals surface area contributed by atoms with E-state index >= 15 is 0 Å². The third-order valence-electron chi connectivity index (χ3n) is 3.26. The lowest BCUT2D eigenvalue weighted by molar-refractivity contribution is -0.385. The van der Waals surface area contributed by atoms with Crippen molar-refractivity contribution in [1.82, 2.24) is 4.90 Å². The van der Waals surface area contributed by atoms with Gasteiger partial charge in [-0.2, -0.15) is 8.78 Å². The number of anilines is 1. The fourth-order valence-electron chi connectivity index (χ4n) is 2.21. The molecule has 8 nitrogen and oxygen atoms in total. The lowest BCUT2D eigenvalue weighted by Gasteiger charge is -2.35. The smallest absolute Gasteiger partial charge is 0.407 e. The number of nitrogens with zero attached hydrogens (tertiary/aromatic N) is 3. The second-order valence-electron chi connectivity index (χ2n) is 4.54. The Morgan fingerprint density at radius 1 is 1.32 bits per heavy atom. The van der Waals surface area contributed by atoms with Crippen LogP contribution in [0.15, 0.2) is 18.2 Å². The molecule has 1 aromatic rings. The number of nitro benzene ring substituents is 1. The van der Waals surface area contributed by atoms with Gasteiger partial charge in [-0.3, -0.25) is 10.1 Å². The Morgan fingerprint density at radius 2 is 1.95 bits per heavy atom. The molecule has 1 aromatic carbocycles. The molecule has 1 heterocycles. The third kappa shape index (κ3) is 3.51. The number of hydrogen-bond donors (Lipinski definition) is 1. The number of carbonyl (C=O) groups is 1. The third-order valence-corrected chi connectivity index (χ3v) is 3.26. The highest BCUT2D eigenvalue weighted by atomic mass is 19.3. The average Bonchev–Trinajstić information content (AvgIpc) is 2.46. The maximum absolute atomic E-state index is 12.5. The zero-order valence-corrected chi connectivity index (χ0v) is 11.3. The van der Waals surface area contributed by atoms with E-state index in [1.165, 1.54) is 17.0 Å². The summed E-state index contributed by atoms with van der Waals surface area (Å²) in [5, 5.41) is 19.6. The molecule has 0 radical (unpaired) electrons. The molecular weight excluding hydrogens is 304 g/mol. The second-order valence-corrected chi connectivity index (χ2v) is 4.54. The van der Waals surface area contributed by atoms with E-state index in [0.29, 0.717) is 0 Å². The quantitative estimate of drug-likeness (QED) is 0.674. The van der Waals surface area contributed by atoms with Crippen LogP contribution in [-0.2, 0) is 0 Å². The number of carboxylic acid groups (broad SMARTS) is 1. The first kappa shape index (κ1) is 15.7. The van der Waals surface area contributed by atoms with Crippen molar-refractivity contribution in [2.75, 3.05) is 31.1 Å². The predicted molar refractivity (Wildman–Crippen MR) is 71.5 cm³/mol. The number of alkyl halides is 2. The van der Waals surface area contributed by atoms with Crippen molar-refractivity contribution in [3.63, 3.8) is 0 Å². The molecule has 0 aliphatic carbocycles. The van der Waals surface area contributed by atoms with Crippen molar-refractivity contribution in [2.45, 2.75) is 6.61 Å². The van der Waals surface area contributed by atoms with Gasteiger partial charge in [0.05, 0.1) is 16.7 Å². The van der Waals surface area contributed by atoms with Crippen molar-refractivity contribution < 1.29 is 28.3 Å². The Hall–Kier alpha value is -2.65. The molecule has 10 heteroatoms. The molecule has 1 aliphatic rings. The summed E-state index contributed by atoms with van der Waals surface area (Å²) in [5.41, 5.74) is -0.0838. The van der Waals surface area contributed by atoms with Gasteiger partial charge in [-0.15, -0.1) is 0 Å². The molecule has 1 fully saturated rings. The van der Waals surface area contributed by atoms with E-state index in [9.17, 15) is 23.7 Å². The second kappa shape index (κ2) is 6.41. The monoisotopic (exact) mass is 317 g/mol. The molecule has 1 saturated heterocycles. The van der Waals surface area contributed by atoms with Crippen LogP contribution in [0.1, 0.15) is 0 Å². The summed E-state index contributed by atoms with van der Waals surface area (Å²) in [6.07, 6.45) is -1.05. The summed E-state index contributed by atoms with van der Waals surface area (Å²) < 4.78 is 29.3. The molecule has 0 bridgehead atoms. The summed E-state index contributed by atoms with van der Waals surface area (Å²) in [7, 11) is 0. The SMILES string of the molecule is O=C(O)N1CCN(c2ccc([N+](=O)[O-])cc2OC(F)F)CC1. The predicted octanol–water partition coefficient (Wildman–Crippen LogP) is 2.00. The topological polar surface area (TPSA) is 96.2 Å². The van der Waals surface area contributed by atoms with Crippen LogP contribution in [0.4, 0.5) is 25.0 Å². The highest BCUT2D eigenvalue weighted by molar-refractivity contribution is 5.67. The van der Waals surface area contributed by atoms with E-state index in [1.54, 1.807) is 4.90 Å². The Balaban J connectivity index is 2.22. The number of halogens is 2. The fraction of sp³-hybridized carbons (Fsp3) is 0.417. The summed E-state index contributed by atoms with van der Waals surface area (Å²) in [6.45, 7) is -2.13. The van der Waals surface area contributed by atoms with E-state index in [-0.39, 0.29) is 43.3 Å². The van der Waals surface area contributed by atoms with Gasteiger partial charge < -0.3 is 19.6 Å². The minimum atomic E-state index is -3.11. The van der Waals surface area contributed by atoms with Gasteiger partial charge in [-0.25, -0.2) is 4.79 Å². The molecule has 0 atom stereocenters. The van der Waals surface area contributed by atoms with Gasteiger partial charge in [-0.1, -0.05) is 0 Å². The maximum Gasteiger partial charge on any atom is 0.407 e. The molecule has 1 amide bonds. The van der Waals surface area contributed by atoms with Crippen LogP contribution in [-0.4, -0.2) is 53.8 Å². The summed E-state index contributed by atoms with van der Waals surface area (Å²) >= 11 is 0. The first-order valence-corrected chi connectivity index (χ1v) is 6.34. The number of nitro groups is 1. The molecule has 0 aromatic heterocycles. The molecular formula is C12H13F2N3O5. The van der Waals surface area contributed by atoms with Crippen LogP contribution in [0, 0.1) is 10.1 Å². The summed E-state index contributed by atoms with van der Waals surface area (Å²) in [5.74, 6) is -0.298. The number of rotatable bonds is 4. The lowest BCUT2D eigenvalue weighted by Crippen LogP contribution is -2.48. The van der Waals surface area contributed by atoms with Gasteiger partial charge >= 0.3 is 12.7 Å². The number of benzene rings is 1. The van der Waals surface area contributed by atoms with Gasteiger partial charge in [0, 0.05) is 32.2 Å². The van der Waals surface area contributed by atoms with Gasteiger partial charge in [0.2, 0.25) is 0 Å². The van der Waals surface area contributed by atoms with Crippen molar-refractivity contribution in [3.05, 3.63) is 28.3 Å². The van der Waals surface area contributed by atoms with Gasteiger partial charge in [0.1, 0.15) is 0 Å². The van der Waals surface area contributed by atoms with E-state index in [2.05, 4.69) is 4.74 Å². The molecule has 0 spiro atoms. The number of hydrogen-bond acceptors (Lipinski definition) is 5. The molecule has 1 aliphatic heterocycles. The highest BCUT2D eigenvalue weighted by Gasteiger charge is 2.24. The number of amides is 1. The Labute approximate surface area is 123 Å². The van der Waals surface area contributed by atoms with Crippen molar-refractivity contribution >= 4 is 17.5 Å². The number of ether oxygens (including phenoxy) is 1. The van der Waals surface area contributed by atoms with E-state index < -0.39 is 17.6 Å². The number of non-ortho nitro benzene ring substituents is 1. The lowest BCUT2D eigenvalue weighted by atomic mass is 10.2. The van der Waals surface area contributed by atoms with Gasteiger partial charge in [0.25, 0.3) is 5.69 Å². The van der Waals surface area contributed by atoms with Crippen molar-refractivity contribution in [1.29, 1.82) is 0 Å². The van der Waals surface area contributed by atoms with Crippen molar-refractivity contribution in [2.24, 2.45) is 0 Å². The van der Waals surface area contributed by atoms with E-state index in [1.807, 2.05) is 0 Å². The van der Waals surface area contributed by atoms with Crippen LogP contribution >= 0.6 is 0 Å². The van der Waals surface area contributed by atoms with E-state index in [4.69, 9.17) is 5.11 Å². The fourth-order valence-corrected chi connectivity index (χ4v) is 2.21. The van der Waals surface area contributed by atoms with Crippen molar-refractivity contribution in [3.8, 4) is 5.75 Å². The van der Waals surface area contributed by atoms with Gasteiger partial charge in [-0.05, 0) is 6.07 Å². The zero-order chi connectivity index (χ0) is 16.3. The first-order chi connectivity index (χ1) is 10.4. The highest BCUT2D eigenvalue weighted by Crippen LogP contribution is 2.34.